The van der Waals surface area contributed by atoms with E-state index in [9.17, 15) is 0 Å². The maximum atomic E-state index is 7.39. The average molecular weight is 426 g/mol. The Morgan fingerprint density at radius 2 is 2.03 bits per heavy atom. The molecule has 0 N–H and O–H groups in total. The van der Waals surface area contributed by atoms with E-state index < -0.39 is 0 Å². The van der Waals surface area contributed by atoms with Gasteiger partial charge in [0.2, 0.25) is 0 Å². The predicted octanol–water partition coefficient (Wildman–Crippen LogP) is 6.34. The van der Waals surface area contributed by atoms with Crippen LogP contribution in [0.2, 0.25) is 0 Å². The summed E-state index contributed by atoms with van der Waals surface area (Å²) in [5.74, 6) is 0.547. The second kappa shape index (κ2) is 6.36. The first-order valence-corrected chi connectivity index (χ1v) is 12.7. The molecular formula is C30H35NO. The minimum atomic E-state index is -0.0837. The number of hydrogen-bond acceptors (Lipinski definition) is 2. The molecule has 2 aliphatic heterocycles. The molecule has 2 fully saturated rings. The zero-order valence-electron chi connectivity index (χ0n) is 19.8. The van der Waals surface area contributed by atoms with E-state index in [4.69, 9.17) is 4.74 Å². The molecule has 7 rings (SSSR count). The van der Waals surface area contributed by atoms with E-state index in [0.717, 1.165) is 19.3 Å². The van der Waals surface area contributed by atoms with Gasteiger partial charge in [0.25, 0.3) is 0 Å². The summed E-state index contributed by atoms with van der Waals surface area (Å²) in [7, 11) is 4.48. The van der Waals surface area contributed by atoms with Crippen LogP contribution in [0.1, 0.15) is 68.6 Å². The molecule has 4 aliphatic carbocycles. The van der Waals surface area contributed by atoms with Gasteiger partial charge in [-0.2, -0.15) is 0 Å². The standard InChI is InChI=1S/C30H35NO/c1-28-14-13-24-18-23-9-10-25(31(2)3)19-29(23)15-16-30(24,32-29)27(28)12-11-26(28)22-8-7-20-5-4-6-21(20)17-22/h4,6-8,11,13,17-18,25,27H,5,9-10,12,14-16,19H2,1-3H3/t25-,27+,28+,29+,30+/m0/s1. The van der Waals surface area contributed by atoms with Crippen LogP contribution >= 0.6 is 0 Å². The Hall–Kier alpha value is -1.90. The monoisotopic (exact) mass is 425 g/mol. The molecule has 2 heteroatoms. The van der Waals surface area contributed by atoms with Crippen molar-refractivity contribution >= 4 is 11.6 Å². The lowest BCUT2D eigenvalue weighted by Crippen LogP contribution is -2.54. The van der Waals surface area contributed by atoms with Gasteiger partial charge < -0.3 is 9.64 Å². The van der Waals surface area contributed by atoms with E-state index in [2.05, 4.69) is 74.5 Å². The molecular weight excluding hydrogens is 390 g/mol. The Balaban J connectivity index is 1.28. The van der Waals surface area contributed by atoms with Crippen molar-refractivity contribution < 1.29 is 4.74 Å². The number of hydrogen-bond donors (Lipinski definition) is 0. The zero-order chi connectivity index (χ0) is 21.7. The molecule has 5 atom stereocenters. The van der Waals surface area contributed by atoms with Gasteiger partial charge in [0.1, 0.15) is 0 Å². The third-order valence-electron chi connectivity index (χ3n) is 10.1. The summed E-state index contributed by atoms with van der Waals surface area (Å²) in [5, 5.41) is 0. The molecule has 2 spiro atoms. The van der Waals surface area contributed by atoms with Gasteiger partial charge in [-0.05, 0) is 105 Å². The molecule has 2 nitrogen and oxygen atoms in total. The van der Waals surface area contributed by atoms with Gasteiger partial charge in [0, 0.05) is 17.4 Å². The molecule has 1 saturated heterocycles. The summed E-state index contributed by atoms with van der Waals surface area (Å²) in [4.78, 5) is 2.42. The number of ether oxygens (including phenoxy) is 1. The fourth-order valence-electron chi connectivity index (χ4n) is 8.27. The molecule has 0 aromatic heterocycles. The van der Waals surface area contributed by atoms with Crippen LogP contribution in [0.25, 0.3) is 11.6 Å². The lowest BCUT2D eigenvalue weighted by Gasteiger charge is -2.54. The summed E-state index contributed by atoms with van der Waals surface area (Å²) in [6.45, 7) is 2.53. The molecule has 32 heavy (non-hydrogen) atoms. The Morgan fingerprint density at radius 3 is 2.91 bits per heavy atom. The van der Waals surface area contributed by atoms with Crippen LogP contribution in [0.15, 0.2) is 53.6 Å². The van der Waals surface area contributed by atoms with Crippen LogP contribution < -0.4 is 0 Å². The van der Waals surface area contributed by atoms with E-state index in [0.29, 0.717) is 12.0 Å². The highest BCUT2D eigenvalue weighted by Gasteiger charge is 2.65. The van der Waals surface area contributed by atoms with Gasteiger partial charge in [0.05, 0.1) is 11.2 Å². The first-order chi connectivity index (χ1) is 15.4. The molecule has 166 valence electrons. The van der Waals surface area contributed by atoms with Crippen molar-refractivity contribution in [3.8, 4) is 0 Å². The van der Waals surface area contributed by atoms with Crippen LogP contribution in [-0.4, -0.2) is 36.2 Å². The second-order valence-corrected chi connectivity index (χ2v) is 11.7. The van der Waals surface area contributed by atoms with Crippen molar-refractivity contribution in [2.75, 3.05) is 14.1 Å². The number of rotatable bonds is 2. The molecule has 1 saturated carbocycles. The third-order valence-corrected chi connectivity index (χ3v) is 10.1. The van der Waals surface area contributed by atoms with Crippen LogP contribution in [0, 0.1) is 11.3 Å². The van der Waals surface area contributed by atoms with E-state index in [-0.39, 0.29) is 16.6 Å². The first-order valence-electron chi connectivity index (χ1n) is 12.7. The lowest BCUT2D eigenvalue weighted by molar-refractivity contribution is -0.134. The number of allylic oxidation sites excluding steroid dienone is 4. The molecule has 2 bridgehead atoms. The van der Waals surface area contributed by atoms with Crippen LogP contribution in [0.3, 0.4) is 0 Å². The Bertz CT molecular complexity index is 1140. The molecule has 0 amide bonds. The summed E-state index contributed by atoms with van der Waals surface area (Å²) >= 11 is 0. The lowest BCUT2D eigenvalue weighted by atomic mass is 9.58. The van der Waals surface area contributed by atoms with Crippen molar-refractivity contribution in [1.82, 2.24) is 4.90 Å². The van der Waals surface area contributed by atoms with Gasteiger partial charge in [-0.3, -0.25) is 0 Å². The number of fused-ring (bicyclic) bond motifs is 2. The SMILES string of the molecule is CN(C)[C@H]1CCC2=CC3=CC[C@]4(C)C(c5ccc6c(c5)C=CC6)=CC[C@H]4[C@@]34CC[C@]2(C1)O4. The minimum absolute atomic E-state index is 0.0100. The highest BCUT2D eigenvalue weighted by atomic mass is 16.5. The van der Waals surface area contributed by atoms with E-state index in [1.54, 1.807) is 11.1 Å². The Labute approximate surface area is 192 Å². The van der Waals surface area contributed by atoms with Crippen molar-refractivity contribution in [2.24, 2.45) is 11.3 Å². The number of benzene rings is 1. The fourth-order valence-corrected chi connectivity index (χ4v) is 8.27. The zero-order valence-corrected chi connectivity index (χ0v) is 19.8. The first kappa shape index (κ1) is 19.6. The topological polar surface area (TPSA) is 12.5 Å². The summed E-state index contributed by atoms with van der Waals surface area (Å²) < 4.78 is 7.39. The average Bonchev–Trinajstić information content (AvgIpc) is 3.47. The van der Waals surface area contributed by atoms with Gasteiger partial charge in [0.15, 0.2) is 0 Å². The Kier molecular flexibility index (Phi) is 3.89. The maximum absolute atomic E-state index is 7.39. The van der Waals surface area contributed by atoms with Gasteiger partial charge in [-0.15, -0.1) is 0 Å². The quantitative estimate of drug-likeness (QED) is 0.548. The summed E-state index contributed by atoms with van der Waals surface area (Å²) in [6, 6.07) is 7.80. The highest BCUT2D eigenvalue weighted by molar-refractivity contribution is 5.77. The summed E-state index contributed by atoms with van der Waals surface area (Å²) in [5.41, 5.74) is 9.04. The van der Waals surface area contributed by atoms with Crippen molar-refractivity contribution in [3.05, 3.63) is 70.3 Å². The van der Waals surface area contributed by atoms with E-state index >= 15 is 0 Å². The van der Waals surface area contributed by atoms with Gasteiger partial charge in [-0.25, -0.2) is 0 Å². The van der Waals surface area contributed by atoms with Crippen molar-refractivity contribution in [1.29, 1.82) is 0 Å². The van der Waals surface area contributed by atoms with Crippen LogP contribution in [0.5, 0.6) is 0 Å². The normalized spacial score (nSPS) is 40.9. The third kappa shape index (κ3) is 2.38. The smallest absolute Gasteiger partial charge is 0.0980 e. The molecule has 0 unspecified atom stereocenters. The summed E-state index contributed by atoms with van der Waals surface area (Å²) in [6.07, 6.45) is 21.7. The maximum Gasteiger partial charge on any atom is 0.0980 e. The van der Waals surface area contributed by atoms with E-state index in [1.165, 1.54) is 54.4 Å². The second-order valence-electron chi connectivity index (χ2n) is 11.7. The largest absolute Gasteiger partial charge is 0.359 e. The highest BCUT2D eigenvalue weighted by Crippen LogP contribution is 2.67. The van der Waals surface area contributed by atoms with Gasteiger partial charge in [-0.1, -0.05) is 49.4 Å². The molecule has 2 heterocycles. The molecule has 1 aromatic carbocycles. The van der Waals surface area contributed by atoms with Crippen LogP contribution in [0.4, 0.5) is 0 Å². The number of nitrogens with zero attached hydrogens (tertiary/aromatic N) is 1. The van der Waals surface area contributed by atoms with E-state index in [1.807, 2.05) is 0 Å². The van der Waals surface area contributed by atoms with Gasteiger partial charge >= 0.3 is 0 Å². The minimum Gasteiger partial charge on any atom is -0.359 e. The predicted molar refractivity (Wildman–Crippen MR) is 131 cm³/mol. The Morgan fingerprint density at radius 1 is 1.12 bits per heavy atom. The van der Waals surface area contributed by atoms with Crippen LogP contribution in [-0.2, 0) is 11.2 Å². The molecule has 1 aromatic rings. The fraction of sp³-hybridized carbons (Fsp3) is 0.533. The molecule has 6 aliphatic rings. The molecule has 0 radical (unpaired) electrons. The van der Waals surface area contributed by atoms with Crippen molar-refractivity contribution in [2.45, 2.75) is 75.5 Å². The van der Waals surface area contributed by atoms with Crippen molar-refractivity contribution in [3.63, 3.8) is 0 Å².